The summed E-state index contributed by atoms with van der Waals surface area (Å²) in [5.41, 5.74) is 6.03. The lowest BCUT2D eigenvalue weighted by Gasteiger charge is -2.20. The third-order valence-electron chi connectivity index (χ3n) is 5.65. The Kier molecular flexibility index (Phi) is 9.39. The van der Waals surface area contributed by atoms with Crippen LogP contribution in [0.4, 0.5) is 0 Å². The van der Waals surface area contributed by atoms with Crippen molar-refractivity contribution in [1.82, 2.24) is 10.7 Å². The lowest BCUT2D eigenvalue weighted by atomic mass is 10.0. The normalized spacial score (nSPS) is 11.6. The van der Waals surface area contributed by atoms with Crippen LogP contribution >= 0.6 is 0 Å². The standard InChI is InChI=1S/C29H30N4O4/c1-19(2)27(32-28(34)22-12-9-20(3)10-13-22)29(35)33-31-17-21-11-14-25(26(15-21)36-4)37-18-24-8-6-5-7-23(24)16-30/h5-15,17,19,27H,18H2,1-4H3,(H,32,34)(H,33,35). The highest BCUT2D eigenvalue weighted by Crippen LogP contribution is 2.28. The third kappa shape index (κ3) is 7.42. The number of nitrogens with one attached hydrogen (secondary N) is 2. The average Bonchev–Trinajstić information content (AvgIpc) is 2.90. The van der Waals surface area contributed by atoms with Crippen molar-refractivity contribution in [1.29, 1.82) is 5.26 Å². The van der Waals surface area contributed by atoms with Crippen LogP contribution in [-0.4, -0.2) is 31.2 Å². The van der Waals surface area contributed by atoms with E-state index in [2.05, 4.69) is 21.9 Å². The molecule has 3 aromatic rings. The largest absolute Gasteiger partial charge is 0.493 e. The molecule has 0 aliphatic carbocycles. The van der Waals surface area contributed by atoms with Gasteiger partial charge in [0.05, 0.1) is 25.0 Å². The van der Waals surface area contributed by atoms with Gasteiger partial charge in [0.25, 0.3) is 11.8 Å². The van der Waals surface area contributed by atoms with Gasteiger partial charge in [0.15, 0.2) is 11.5 Å². The molecular formula is C29H30N4O4. The predicted molar refractivity (Wildman–Crippen MR) is 141 cm³/mol. The van der Waals surface area contributed by atoms with Gasteiger partial charge in [-0.05, 0) is 54.8 Å². The Balaban J connectivity index is 1.62. The van der Waals surface area contributed by atoms with Gasteiger partial charge in [0.1, 0.15) is 12.6 Å². The van der Waals surface area contributed by atoms with Gasteiger partial charge >= 0.3 is 0 Å². The lowest BCUT2D eigenvalue weighted by molar-refractivity contribution is -0.123. The molecule has 8 heteroatoms. The fourth-order valence-corrected chi connectivity index (χ4v) is 3.50. The number of methoxy groups -OCH3 is 1. The molecule has 0 fully saturated rings. The fraction of sp³-hybridized carbons (Fsp3) is 0.241. The maximum atomic E-state index is 12.7. The first kappa shape index (κ1) is 27.0. The first-order chi connectivity index (χ1) is 17.8. The molecule has 190 valence electrons. The number of rotatable bonds is 10. The van der Waals surface area contributed by atoms with Crippen LogP contribution < -0.4 is 20.2 Å². The molecule has 0 radical (unpaired) electrons. The highest BCUT2D eigenvalue weighted by molar-refractivity contribution is 5.97. The van der Waals surface area contributed by atoms with Crippen LogP contribution in [-0.2, 0) is 11.4 Å². The molecule has 1 atom stereocenters. The topological polar surface area (TPSA) is 113 Å². The minimum Gasteiger partial charge on any atom is -0.493 e. The number of amides is 2. The number of benzene rings is 3. The molecule has 0 heterocycles. The molecule has 0 aliphatic rings. The molecule has 3 rings (SSSR count). The Hall–Kier alpha value is -4.64. The Morgan fingerprint density at radius 1 is 1.05 bits per heavy atom. The molecule has 2 amide bonds. The van der Waals surface area contributed by atoms with E-state index in [9.17, 15) is 14.9 Å². The van der Waals surface area contributed by atoms with Gasteiger partial charge in [0.2, 0.25) is 0 Å². The summed E-state index contributed by atoms with van der Waals surface area (Å²) in [7, 11) is 1.53. The van der Waals surface area contributed by atoms with Crippen molar-refractivity contribution in [2.75, 3.05) is 7.11 Å². The van der Waals surface area contributed by atoms with Crippen molar-refractivity contribution < 1.29 is 19.1 Å². The summed E-state index contributed by atoms with van der Waals surface area (Å²) in [6.45, 7) is 5.86. The summed E-state index contributed by atoms with van der Waals surface area (Å²) >= 11 is 0. The number of aryl methyl sites for hydroxylation is 1. The Morgan fingerprint density at radius 2 is 1.78 bits per heavy atom. The number of carbonyl (C=O) groups excluding carboxylic acids is 2. The monoisotopic (exact) mass is 498 g/mol. The summed E-state index contributed by atoms with van der Waals surface area (Å²) in [4.78, 5) is 25.3. The first-order valence-electron chi connectivity index (χ1n) is 11.8. The zero-order valence-corrected chi connectivity index (χ0v) is 21.3. The van der Waals surface area contributed by atoms with Gasteiger partial charge in [-0.3, -0.25) is 9.59 Å². The molecule has 0 aliphatic heterocycles. The second-order valence-corrected chi connectivity index (χ2v) is 8.76. The van der Waals surface area contributed by atoms with Crippen molar-refractivity contribution in [2.24, 2.45) is 11.0 Å². The third-order valence-corrected chi connectivity index (χ3v) is 5.65. The molecule has 3 aromatic carbocycles. The van der Waals surface area contributed by atoms with Crippen molar-refractivity contribution in [3.05, 3.63) is 94.5 Å². The summed E-state index contributed by atoms with van der Waals surface area (Å²) in [5.74, 6) is 0.0999. The lowest BCUT2D eigenvalue weighted by Crippen LogP contribution is -2.48. The quantitative estimate of drug-likeness (QED) is 0.319. The summed E-state index contributed by atoms with van der Waals surface area (Å²) < 4.78 is 11.3. The van der Waals surface area contributed by atoms with Crippen LogP contribution in [0, 0.1) is 24.2 Å². The van der Waals surface area contributed by atoms with Crippen molar-refractivity contribution in [2.45, 2.75) is 33.4 Å². The molecule has 0 bridgehead atoms. The number of hydrogen-bond acceptors (Lipinski definition) is 6. The fourth-order valence-electron chi connectivity index (χ4n) is 3.50. The van der Waals surface area contributed by atoms with Gasteiger partial charge in [0, 0.05) is 11.1 Å². The minimum absolute atomic E-state index is 0.146. The summed E-state index contributed by atoms with van der Waals surface area (Å²) in [6, 6.07) is 21.0. The van der Waals surface area contributed by atoms with Crippen molar-refractivity contribution in [3.8, 4) is 17.6 Å². The van der Waals surface area contributed by atoms with E-state index < -0.39 is 11.9 Å². The maximum Gasteiger partial charge on any atom is 0.262 e. The van der Waals surface area contributed by atoms with Crippen LogP contribution in [0.3, 0.4) is 0 Å². The van der Waals surface area contributed by atoms with Crippen LogP contribution in [0.5, 0.6) is 11.5 Å². The van der Waals surface area contributed by atoms with E-state index in [4.69, 9.17) is 9.47 Å². The predicted octanol–water partition coefficient (Wildman–Crippen LogP) is 4.36. The molecule has 2 N–H and O–H groups in total. The van der Waals surface area contributed by atoms with Gasteiger partial charge in [-0.1, -0.05) is 49.7 Å². The van der Waals surface area contributed by atoms with Crippen LogP contribution in [0.25, 0.3) is 0 Å². The maximum absolute atomic E-state index is 12.7. The average molecular weight is 499 g/mol. The van der Waals surface area contributed by atoms with E-state index >= 15 is 0 Å². The SMILES string of the molecule is COc1cc(C=NNC(=O)C(NC(=O)c2ccc(C)cc2)C(C)C)ccc1OCc1ccccc1C#N. The van der Waals surface area contributed by atoms with E-state index in [-0.39, 0.29) is 18.4 Å². The smallest absolute Gasteiger partial charge is 0.262 e. The highest BCUT2D eigenvalue weighted by Gasteiger charge is 2.24. The van der Waals surface area contributed by atoms with E-state index in [1.54, 1.807) is 42.5 Å². The van der Waals surface area contributed by atoms with Crippen LogP contribution in [0.2, 0.25) is 0 Å². The number of nitriles is 1. The second kappa shape index (κ2) is 12.9. The van der Waals surface area contributed by atoms with Crippen molar-refractivity contribution in [3.63, 3.8) is 0 Å². The Labute approximate surface area is 216 Å². The Bertz CT molecular complexity index is 1310. The zero-order chi connectivity index (χ0) is 26.8. The number of ether oxygens (including phenoxy) is 2. The number of hydrazone groups is 1. The summed E-state index contributed by atoms with van der Waals surface area (Å²) in [6.07, 6.45) is 1.48. The molecule has 8 nitrogen and oxygen atoms in total. The van der Waals surface area contributed by atoms with Crippen molar-refractivity contribution >= 4 is 18.0 Å². The minimum atomic E-state index is -0.757. The molecule has 37 heavy (non-hydrogen) atoms. The van der Waals surface area contributed by atoms with Crippen LogP contribution in [0.15, 0.2) is 71.8 Å². The first-order valence-corrected chi connectivity index (χ1v) is 11.8. The Morgan fingerprint density at radius 3 is 2.46 bits per heavy atom. The number of nitrogens with zero attached hydrogens (tertiary/aromatic N) is 2. The van der Waals surface area contributed by atoms with E-state index in [0.29, 0.717) is 28.2 Å². The second-order valence-electron chi connectivity index (χ2n) is 8.76. The number of carbonyl (C=O) groups is 2. The molecule has 1 unspecified atom stereocenters. The van der Waals surface area contributed by atoms with E-state index in [0.717, 1.165) is 11.1 Å². The van der Waals surface area contributed by atoms with Gasteiger partial charge in [-0.2, -0.15) is 10.4 Å². The van der Waals surface area contributed by atoms with Gasteiger partial charge < -0.3 is 14.8 Å². The van der Waals surface area contributed by atoms with Gasteiger partial charge in [-0.15, -0.1) is 0 Å². The molecule has 0 aromatic heterocycles. The molecule has 0 saturated heterocycles. The van der Waals surface area contributed by atoms with E-state index in [1.807, 2.05) is 45.0 Å². The molecule has 0 saturated carbocycles. The zero-order valence-electron chi connectivity index (χ0n) is 21.3. The number of hydrogen-bond donors (Lipinski definition) is 2. The van der Waals surface area contributed by atoms with Crippen LogP contribution in [0.1, 0.15) is 46.5 Å². The van der Waals surface area contributed by atoms with Gasteiger partial charge in [-0.25, -0.2) is 5.43 Å². The van der Waals surface area contributed by atoms with E-state index in [1.165, 1.54) is 13.3 Å². The molecule has 0 spiro atoms. The molecular weight excluding hydrogens is 468 g/mol. The summed E-state index contributed by atoms with van der Waals surface area (Å²) in [5, 5.41) is 16.1. The highest BCUT2D eigenvalue weighted by atomic mass is 16.5.